The Kier molecular flexibility index (Phi) is 4.93. The van der Waals surface area contributed by atoms with Gasteiger partial charge in [0.25, 0.3) is 5.91 Å². The monoisotopic (exact) mass is 338 g/mol. The van der Waals surface area contributed by atoms with Gasteiger partial charge in [-0.05, 0) is 19.9 Å². The van der Waals surface area contributed by atoms with E-state index in [0.717, 1.165) is 5.69 Å². The quantitative estimate of drug-likeness (QED) is 0.643. The van der Waals surface area contributed by atoms with Crippen LogP contribution in [0.4, 0.5) is 5.82 Å². The fourth-order valence-electron chi connectivity index (χ4n) is 2.13. The number of aryl methyl sites for hydroxylation is 2. The summed E-state index contributed by atoms with van der Waals surface area (Å²) >= 11 is 0. The first-order chi connectivity index (χ1) is 12.1. The van der Waals surface area contributed by atoms with Gasteiger partial charge in [0.15, 0.2) is 5.82 Å². The molecule has 0 fully saturated rings. The smallest absolute Gasteiger partial charge is 0.271 e. The van der Waals surface area contributed by atoms with Gasteiger partial charge in [-0.2, -0.15) is 5.10 Å². The predicted molar refractivity (Wildman–Crippen MR) is 91.5 cm³/mol. The highest BCUT2D eigenvalue weighted by molar-refractivity contribution is 5.91. The molecule has 0 spiro atoms. The Bertz CT molecular complexity index is 845. The van der Waals surface area contributed by atoms with E-state index in [4.69, 9.17) is 0 Å². The molecule has 0 bridgehead atoms. The zero-order chi connectivity index (χ0) is 17.6. The van der Waals surface area contributed by atoms with Crippen LogP contribution in [0.5, 0.6) is 0 Å². The van der Waals surface area contributed by atoms with Crippen molar-refractivity contribution in [2.45, 2.75) is 13.8 Å². The molecule has 0 atom stereocenters. The van der Waals surface area contributed by atoms with Crippen LogP contribution in [0.2, 0.25) is 0 Å². The Labute approximate surface area is 144 Å². The van der Waals surface area contributed by atoms with Crippen molar-refractivity contribution in [1.82, 2.24) is 35.0 Å². The zero-order valence-corrected chi connectivity index (χ0v) is 14.0. The Balaban J connectivity index is 1.54. The summed E-state index contributed by atoms with van der Waals surface area (Å²) in [6.07, 6.45) is 6.53. The Morgan fingerprint density at radius 3 is 2.76 bits per heavy atom. The minimum Gasteiger partial charge on any atom is -0.368 e. The number of aromatic nitrogens is 6. The Hall–Kier alpha value is -3.36. The van der Waals surface area contributed by atoms with Crippen LogP contribution in [-0.2, 0) is 0 Å². The molecule has 1 amide bonds. The molecule has 0 saturated heterocycles. The molecule has 3 rings (SSSR count). The lowest BCUT2D eigenvalue weighted by molar-refractivity contribution is 0.0949. The van der Waals surface area contributed by atoms with E-state index < -0.39 is 0 Å². The topological polar surface area (TPSA) is 111 Å². The average molecular weight is 338 g/mol. The summed E-state index contributed by atoms with van der Waals surface area (Å²) in [5.74, 6) is 1.72. The average Bonchev–Trinajstić information content (AvgIpc) is 3.13. The standard InChI is InChI=1S/C16H18N8O/c1-11-9-20-13(10-19-11)16(25)18-6-5-17-14-8-15(23-12(2)22-14)24-7-3-4-21-24/h3-4,7-10H,5-6H2,1-2H3,(H,18,25)(H,17,22,23). The molecule has 3 aromatic heterocycles. The van der Waals surface area contributed by atoms with E-state index in [0.29, 0.717) is 36.2 Å². The highest BCUT2D eigenvalue weighted by Crippen LogP contribution is 2.09. The van der Waals surface area contributed by atoms with E-state index >= 15 is 0 Å². The molecule has 2 N–H and O–H groups in total. The molecule has 9 heteroatoms. The normalized spacial score (nSPS) is 10.5. The van der Waals surface area contributed by atoms with Crippen molar-refractivity contribution < 1.29 is 4.79 Å². The molecular weight excluding hydrogens is 320 g/mol. The fourth-order valence-corrected chi connectivity index (χ4v) is 2.13. The third-order valence-corrected chi connectivity index (χ3v) is 3.29. The van der Waals surface area contributed by atoms with Crippen LogP contribution in [-0.4, -0.2) is 48.7 Å². The zero-order valence-electron chi connectivity index (χ0n) is 14.0. The highest BCUT2D eigenvalue weighted by Gasteiger charge is 2.07. The summed E-state index contributed by atoms with van der Waals surface area (Å²) in [6.45, 7) is 4.57. The molecular formula is C16H18N8O. The first-order valence-electron chi connectivity index (χ1n) is 7.78. The van der Waals surface area contributed by atoms with Gasteiger partial charge < -0.3 is 10.6 Å². The van der Waals surface area contributed by atoms with Crippen LogP contribution in [0.15, 0.2) is 36.9 Å². The maximum Gasteiger partial charge on any atom is 0.271 e. The molecule has 0 unspecified atom stereocenters. The van der Waals surface area contributed by atoms with Crippen LogP contribution in [0, 0.1) is 13.8 Å². The van der Waals surface area contributed by atoms with E-state index in [1.807, 2.05) is 26.1 Å². The third kappa shape index (κ3) is 4.34. The molecule has 0 saturated carbocycles. The van der Waals surface area contributed by atoms with E-state index in [1.165, 1.54) is 6.20 Å². The number of amides is 1. The summed E-state index contributed by atoms with van der Waals surface area (Å²) in [4.78, 5) is 28.7. The van der Waals surface area contributed by atoms with Gasteiger partial charge in [-0.15, -0.1) is 0 Å². The molecule has 3 heterocycles. The largest absolute Gasteiger partial charge is 0.368 e. The summed E-state index contributed by atoms with van der Waals surface area (Å²) in [5.41, 5.74) is 1.06. The maximum absolute atomic E-state index is 12.0. The van der Waals surface area contributed by atoms with Crippen LogP contribution < -0.4 is 10.6 Å². The van der Waals surface area contributed by atoms with Crippen molar-refractivity contribution >= 4 is 11.7 Å². The molecule has 0 aliphatic heterocycles. The summed E-state index contributed by atoms with van der Waals surface area (Å²) in [7, 11) is 0. The fraction of sp³-hybridized carbons (Fsp3) is 0.250. The van der Waals surface area contributed by atoms with Crippen LogP contribution in [0.3, 0.4) is 0 Å². The number of hydrogen-bond donors (Lipinski definition) is 2. The molecule has 3 aromatic rings. The summed E-state index contributed by atoms with van der Waals surface area (Å²) in [6, 6.07) is 3.63. The minimum atomic E-state index is -0.259. The molecule has 0 radical (unpaired) electrons. The summed E-state index contributed by atoms with van der Waals surface area (Å²) < 4.78 is 1.66. The number of rotatable bonds is 6. The van der Waals surface area contributed by atoms with Crippen molar-refractivity contribution in [2.75, 3.05) is 18.4 Å². The van der Waals surface area contributed by atoms with Gasteiger partial charge in [0.1, 0.15) is 17.3 Å². The molecule has 25 heavy (non-hydrogen) atoms. The Morgan fingerprint density at radius 2 is 2.04 bits per heavy atom. The second-order valence-electron chi connectivity index (χ2n) is 5.33. The van der Waals surface area contributed by atoms with Gasteiger partial charge in [-0.3, -0.25) is 9.78 Å². The Morgan fingerprint density at radius 1 is 1.16 bits per heavy atom. The van der Waals surface area contributed by atoms with Gasteiger partial charge in [0, 0.05) is 37.7 Å². The molecule has 9 nitrogen and oxygen atoms in total. The van der Waals surface area contributed by atoms with Crippen LogP contribution in [0.1, 0.15) is 22.0 Å². The number of hydrogen-bond acceptors (Lipinski definition) is 7. The van der Waals surface area contributed by atoms with E-state index in [9.17, 15) is 4.79 Å². The summed E-state index contributed by atoms with van der Waals surface area (Å²) in [5, 5.41) is 10.1. The molecule has 128 valence electrons. The predicted octanol–water partition coefficient (Wildman–Crippen LogP) is 0.911. The number of nitrogens with one attached hydrogen (secondary N) is 2. The van der Waals surface area contributed by atoms with Gasteiger partial charge >= 0.3 is 0 Å². The van der Waals surface area contributed by atoms with Gasteiger partial charge in [-0.1, -0.05) is 0 Å². The second-order valence-corrected chi connectivity index (χ2v) is 5.33. The maximum atomic E-state index is 12.0. The van der Waals surface area contributed by atoms with Gasteiger partial charge in [0.05, 0.1) is 11.9 Å². The van der Waals surface area contributed by atoms with Crippen molar-refractivity contribution in [3.63, 3.8) is 0 Å². The van der Waals surface area contributed by atoms with Crippen molar-refractivity contribution in [3.8, 4) is 5.82 Å². The number of anilines is 1. The van der Waals surface area contributed by atoms with Crippen molar-refractivity contribution in [3.05, 3.63) is 54.1 Å². The third-order valence-electron chi connectivity index (χ3n) is 3.29. The highest BCUT2D eigenvalue weighted by atomic mass is 16.1. The second kappa shape index (κ2) is 7.47. The number of carbonyl (C=O) groups excluding carboxylic acids is 1. The van der Waals surface area contributed by atoms with Crippen LogP contribution in [0.25, 0.3) is 5.82 Å². The van der Waals surface area contributed by atoms with E-state index in [-0.39, 0.29) is 5.91 Å². The molecule has 0 aromatic carbocycles. The van der Waals surface area contributed by atoms with Crippen molar-refractivity contribution in [2.24, 2.45) is 0 Å². The SMILES string of the molecule is Cc1cnc(C(=O)NCCNc2cc(-n3cccn3)nc(C)n2)cn1. The van der Waals surface area contributed by atoms with Crippen LogP contribution >= 0.6 is 0 Å². The van der Waals surface area contributed by atoms with Crippen molar-refractivity contribution in [1.29, 1.82) is 0 Å². The van der Waals surface area contributed by atoms with E-state index in [2.05, 4.69) is 35.7 Å². The first-order valence-corrected chi connectivity index (χ1v) is 7.78. The number of carbonyl (C=O) groups is 1. The van der Waals surface area contributed by atoms with E-state index in [1.54, 1.807) is 23.1 Å². The van der Waals surface area contributed by atoms with Gasteiger partial charge in [-0.25, -0.2) is 19.6 Å². The lowest BCUT2D eigenvalue weighted by Gasteiger charge is -2.09. The van der Waals surface area contributed by atoms with Gasteiger partial charge in [0.2, 0.25) is 0 Å². The lowest BCUT2D eigenvalue weighted by atomic mass is 10.4. The first kappa shape index (κ1) is 16.5. The number of nitrogens with zero attached hydrogens (tertiary/aromatic N) is 6. The lowest BCUT2D eigenvalue weighted by Crippen LogP contribution is -2.29. The minimum absolute atomic E-state index is 0.259. The molecule has 0 aliphatic carbocycles. The molecule has 0 aliphatic rings.